The molecule has 1 atom stereocenters. The minimum atomic E-state index is -3.18. The first-order valence-corrected chi connectivity index (χ1v) is 9.25. The summed E-state index contributed by atoms with van der Waals surface area (Å²) >= 11 is 0. The first-order chi connectivity index (χ1) is 12.4. The van der Waals surface area contributed by atoms with Crippen LogP contribution in [0.2, 0.25) is 0 Å². The van der Waals surface area contributed by atoms with Crippen LogP contribution in [0.25, 0.3) is 22.5 Å². The number of methoxy groups -OCH3 is 1. The highest BCUT2D eigenvalue weighted by molar-refractivity contribution is 7.32. The molecule has 0 aliphatic heterocycles. The van der Waals surface area contributed by atoms with Crippen LogP contribution >= 0.6 is 8.25 Å². The Hall–Kier alpha value is -2.63. The van der Waals surface area contributed by atoms with Gasteiger partial charge in [0, 0.05) is 17.2 Å². The van der Waals surface area contributed by atoms with Crippen molar-refractivity contribution in [1.82, 2.24) is 15.4 Å². The second-order valence-electron chi connectivity index (χ2n) is 6.00. The maximum atomic E-state index is 11.3. The van der Waals surface area contributed by atoms with E-state index < -0.39 is 8.25 Å². The number of benzene rings is 2. The Morgan fingerprint density at radius 3 is 2.42 bits per heavy atom. The Morgan fingerprint density at radius 2 is 1.81 bits per heavy atom. The number of rotatable bonds is 5. The summed E-state index contributed by atoms with van der Waals surface area (Å²) in [7, 11) is -1.66. The van der Waals surface area contributed by atoms with Gasteiger partial charge in [0.15, 0.2) is 0 Å². The predicted octanol–water partition coefficient (Wildman–Crippen LogP) is 3.83. The van der Waals surface area contributed by atoms with E-state index >= 15 is 0 Å². The van der Waals surface area contributed by atoms with Crippen LogP contribution in [0.15, 0.2) is 30.3 Å². The van der Waals surface area contributed by atoms with E-state index in [9.17, 15) is 9.46 Å². The SMILES string of the molecule is COc1ccc(-c2[nH]nnc2-c2cc(C)c(C)c(C)c2)c(O[PH](=O)O)c1. The molecule has 7 nitrogen and oxygen atoms in total. The number of aromatic nitrogens is 3. The molecule has 0 amide bonds. The van der Waals surface area contributed by atoms with Crippen molar-refractivity contribution in [3.8, 4) is 34.0 Å². The van der Waals surface area contributed by atoms with Gasteiger partial charge in [0.2, 0.25) is 0 Å². The van der Waals surface area contributed by atoms with Crippen LogP contribution in [0, 0.1) is 20.8 Å². The molecule has 2 aromatic carbocycles. The molecule has 0 spiro atoms. The van der Waals surface area contributed by atoms with E-state index in [1.165, 1.54) is 12.7 Å². The van der Waals surface area contributed by atoms with Gasteiger partial charge in [0.25, 0.3) is 0 Å². The zero-order chi connectivity index (χ0) is 18.8. The fraction of sp³-hybridized carbons (Fsp3) is 0.222. The zero-order valence-corrected chi connectivity index (χ0v) is 16.0. The Kier molecular flexibility index (Phi) is 5.11. The molecule has 26 heavy (non-hydrogen) atoms. The summed E-state index contributed by atoms with van der Waals surface area (Å²) in [6.07, 6.45) is 0. The van der Waals surface area contributed by atoms with E-state index in [1.807, 2.05) is 26.0 Å². The lowest BCUT2D eigenvalue weighted by molar-refractivity contribution is 0.400. The van der Waals surface area contributed by atoms with Gasteiger partial charge >= 0.3 is 8.25 Å². The number of nitrogens with one attached hydrogen (secondary N) is 1. The van der Waals surface area contributed by atoms with E-state index in [0.717, 1.165) is 16.7 Å². The van der Waals surface area contributed by atoms with Crippen LogP contribution in [0.1, 0.15) is 16.7 Å². The van der Waals surface area contributed by atoms with Crippen molar-refractivity contribution in [2.75, 3.05) is 7.11 Å². The lowest BCUT2D eigenvalue weighted by Gasteiger charge is -2.12. The minimum absolute atomic E-state index is 0.226. The summed E-state index contributed by atoms with van der Waals surface area (Å²) in [5.74, 6) is 0.742. The smallest absolute Gasteiger partial charge is 0.365 e. The van der Waals surface area contributed by atoms with Crippen molar-refractivity contribution in [3.63, 3.8) is 0 Å². The highest BCUT2D eigenvalue weighted by Gasteiger charge is 2.18. The zero-order valence-electron chi connectivity index (χ0n) is 15.0. The number of hydrogen-bond acceptors (Lipinski definition) is 5. The summed E-state index contributed by atoms with van der Waals surface area (Å²) in [6, 6.07) is 9.13. The average Bonchev–Trinajstić information content (AvgIpc) is 3.08. The maximum Gasteiger partial charge on any atom is 0.365 e. The standard InChI is InChI=1S/C18H20N3O4P/c1-10-7-13(8-11(2)12(10)3)17-18(20-21-19-17)15-6-5-14(24-4)9-16(15)25-26(22)23/h5-9,26H,1-4H3,(H,22,23)(H,19,20,21). The van der Waals surface area contributed by atoms with Crippen molar-refractivity contribution in [1.29, 1.82) is 0 Å². The average molecular weight is 373 g/mol. The second-order valence-corrected chi connectivity index (χ2v) is 6.74. The van der Waals surface area contributed by atoms with Crippen LogP contribution < -0.4 is 9.26 Å². The van der Waals surface area contributed by atoms with Gasteiger partial charge in [0.1, 0.15) is 17.2 Å². The number of aryl methyl sites for hydroxylation is 2. The molecular weight excluding hydrogens is 353 g/mol. The Morgan fingerprint density at radius 1 is 1.12 bits per heavy atom. The van der Waals surface area contributed by atoms with E-state index in [0.29, 0.717) is 22.7 Å². The van der Waals surface area contributed by atoms with Gasteiger partial charge in [0.05, 0.1) is 12.8 Å². The molecule has 0 saturated carbocycles. The molecule has 1 unspecified atom stereocenters. The fourth-order valence-corrected chi connectivity index (χ4v) is 3.16. The first kappa shape index (κ1) is 18.2. The number of aromatic amines is 1. The van der Waals surface area contributed by atoms with Gasteiger partial charge in [-0.1, -0.05) is 5.21 Å². The van der Waals surface area contributed by atoms with Gasteiger partial charge in [-0.3, -0.25) is 5.10 Å². The van der Waals surface area contributed by atoms with Crippen molar-refractivity contribution >= 4 is 8.25 Å². The molecule has 0 fully saturated rings. The quantitative estimate of drug-likeness (QED) is 0.660. The lowest BCUT2D eigenvalue weighted by Crippen LogP contribution is -1.93. The highest BCUT2D eigenvalue weighted by atomic mass is 31.1. The summed E-state index contributed by atoms with van der Waals surface area (Å²) in [5, 5.41) is 11.0. The molecule has 3 aromatic rings. The molecule has 3 rings (SSSR count). The third kappa shape index (κ3) is 3.49. The van der Waals surface area contributed by atoms with Crippen LogP contribution in [-0.2, 0) is 4.57 Å². The highest BCUT2D eigenvalue weighted by Crippen LogP contribution is 2.40. The molecular formula is C18H20N3O4P. The number of nitrogens with zero attached hydrogens (tertiary/aromatic N) is 2. The van der Waals surface area contributed by atoms with E-state index in [-0.39, 0.29) is 5.75 Å². The Labute approximate surface area is 151 Å². The van der Waals surface area contributed by atoms with Crippen molar-refractivity contribution in [2.45, 2.75) is 20.8 Å². The van der Waals surface area contributed by atoms with Gasteiger partial charge in [-0.05, 0) is 61.7 Å². The molecule has 1 heterocycles. The van der Waals surface area contributed by atoms with E-state index in [1.54, 1.807) is 18.2 Å². The number of H-pyrrole nitrogens is 1. The third-order valence-electron chi connectivity index (χ3n) is 4.40. The largest absolute Gasteiger partial charge is 0.497 e. The summed E-state index contributed by atoms with van der Waals surface area (Å²) in [4.78, 5) is 9.22. The molecule has 0 aliphatic carbocycles. The summed E-state index contributed by atoms with van der Waals surface area (Å²) in [6.45, 7) is 6.17. The van der Waals surface area contributed by atoms with E-state index in [4.69, 9.17) is 9.26 Å². The topological polar surface area (TPSA) is 97.3 Å². The van der Waals surface area contributed by atoms with Crippen LogP contribution in [0.5, 0.6) is 11.5 Å². The molecule has 0 aliphatic rings. The van der Waals surface area contributed by atoms with Crippen LogP contribution in [0.4, 0.5) is 0 Å². The van der Waals surface area contributed by atoms with Gasteiger partial charge in [-0.2, -0.15) is 0 Å². The second kappa shape index (κ2) is 7.32. The van der Waals surface area contributed by atoms with Crippen LogP contribution in [-0.4, -0.2) is 27.4 Å². The van der Waals surface area contributed by atoms with Crippen molar-refractivity contribution < 1.29 is 18.7 Å². The first-order valence-electron chi connectivity index (χ1n) is 7.99. The molecule has 1 aromatic heterocycles. The van der Waals surface area contributed by atoms with Crippen molar-refractivity contribution in [3.05, 3.63) is 47.0 Å². The monoisotopic (exact) mass is 373 g/mol. The van der Waals surface area contributed by atoms with E-state index in [2.05, 4.69) is 22.3 Å². The maximum absolute atomic E-state index is 11.3. The fourth-order valence-electron chi connectivity index (χ4n) is 2.80. The molecule has 2 N–H and O–H groups in total. The molecule has 0 radical (unpaired) electrons. The summed E-state index contributed by atoms with van der Waals surface area (Å²) < 4.78 is 21.5. The molecule has 0 bridgehead atoms. The normalized spacial score (nSPS) is 12.0. The predicted molar refractivity (Wildman–Crippen MR) is 99.9 cm³/mol. The van der Waals surface area contributed by atoms with Gasteiger partial charge < -0.3 is 14.2 Å². The van der Waals surface area contributed by atoms with Gasteiger partial charge in [-0.25, -0.2) is 4.57 Å². The molecule has 136 valence electrons. The Balaban J connectivity index is 2.16. The number of hydrogen-bond donors (Lipinski definition) is 2. The number of ether oxygens (including phenoxy) is 1. The minimum Gasteiger partial charge on any atom is -0.497 e. The Bertz CT molecular complexity index is 961. The third-order valence-corrected chi connectivity index (χ3v) is 4.80. The van der Waals surface area contributed by atoms with Gasteiger partial charge in [-0.15, -0.1) is 5.10 Å². The molecule has 8 heteroatoms. The lowest BCUT2D eigenvalue weighted by atomic mass is 9.97. The molecule has 0 saturated heterocycles. The van der Waals surface area contributed by atoms with Crippen molar-refractivity contribution in [2.24, 2.45) is 0 Å². The summed E-state index contributed by atoms with van der Waals surface area (Å²) in [5.41, 5.74) is 6.27. The van der Waals surface area contributed by atoms with Crippen LogP contribution in [0.3, 0.4) is 0 Å².